The fourth-order valence-electron chi connectivity index (χ4n) is 5.87. The highest BCUT2D eigenvalue weighted by Crippen LogP contribution is 2.50. The fraction of sp³-hybridized carbons (Fsp3) is 0.464. The van der Waals surface area contributed by atoms with Gasteiger partial charge in [-0.25, -0.2) is 0 Å². The number of H-pyrrole nitrogens is 1. The maximum Gasteiger partial charge on any atom is 0.220 e. The summed E-state index contributed by atoms with van der Waals surface area (Å²) in [4.78, 5) is 18.6. The van der Waals surface area contributed by atoms with Gasteiger partial charge in [0.25, 0.3) is 0 Å². The van der Waals surface area contributed by atoms with E-state index in [1.165, 1.54) is 5.56 Å². The number of pyridine rings is 1. The largest absolute Gasteiger partial charge is 0.380 e. The standard InChI is InChI=1S/C28H35N5O2/c1-18(2)19-5-7-22(8-6-19)28(35,27(3)16-33(4)17-27)23-11-21(14-29-15-23)25-13-24(31-32-25)20-9-10-30-26(34)12-20/h5-8,11,13-15,18,20,35H,9-10,12,16-17H2,1-4H3,(H,30,34)(H,31,32)/t20-,28-/m0/s1. The van der Waals surface area contributed by atoms with Gasteiger partial charge in [0, 0.05) is 66.6 Å². The summed E-state index contributed by atoms with van der Waals surface area (Å²) in [5.74, 6) is 0.645. The number of amides is 1. The molecule has 184 valence electrons. The van der Waals surface area contributed by atoms with E-state index in [0.29, 0.717) is 18.9 Å². The third kappa shape index (κ3) is 4.17. The van der Waals surface area contributed by atoms with E-state index in [0.717, 1.165) is 47.6 Å². The lowest BCUT2D eigenvalue weighted by Gasteiger charge is -2.55. The molecule has 2 aliphatic heterocycles. The minimum absolute atomic E-state index is 0.0772. The van der Waals surface area contributed by atoms with Crippen LogP contribution in [0.15, 0.2) is 48.8 Å². The van der Waals surface area contributed by atoms with Crippen molar-refractivity contribution >= 4 is 5.91 Å². The molecule has 7 nitrogen and oxygen atoms in total. The Bertz CT molecular complexity index is 1210. The number of piperidine rings is 1. The first kappa shape index (κ1) is 23.7. The molecule has 2 fully saturated rings. The molecule has 1 aromatic carbocycles. The second-order valence-corrected chi connectivity index (χ2v) is 10.9. The average molecular weight is 474 g/mol. The van der Waals surface area contributed by atoms with Gasteiger partial charge in [-0.3, -0.25) is 14.9 Å². The number of hydrogen-bond donors (Lipinski definition) is 3. The minimum Gasteiger partial charge on any atom is -0.380 e. The molecule has 7 heteroatoms. The highest BCUT2D eigenvalue weighted by atomic mass is 16.3. The van der Waals surface area contributed by atoms with Crippen LogP contribution >= 0.6 is 0 Å². The lowest BCUT2D eigenvalue weighted by atomic mass is 9.62. The first-order chi connectivity index (χ1) is 16.7. The number of likely N-dealkylation sites (tertiary alicyclic amines) is 1. The molecular formula is C28H35N5O2. The predicted molar refractivity (Wildman–Crippen MR) is 136 cm³/mol. The molecule has 3 N–H and O–H groups in total. The van der Waals surface area contributed by atoms with Crippen LogP contribution in [0.2, 0.25) is 0 Å². The first-order valence-corrected chi connectivity index (χ1v) is 12.5. The number of benzene rings is 1. The summed E-state index contributed by atoms with van der Waals surface area (Å²) in [6, 6.07) is 12.4. The number of hydrogen-bond acceptors (Lipinski definition) is 5. The zero-order chi connectivity index (χ0) is 24.8. The second kappa shape index (κ2) is 8.88. The Morgan fingerprint density at radius 3 is 2.54 bits per heavy atom. The Labute approximate surface area is 207 Å². The SMILES string of the molecule is CC(C)c1ccc([C@](O)(c2cncc(-c3cc([C@H]4CCNC(=O)C4)[nH]n3)c2)C2(C)CN(C)C2)cc1. The molecule has 0 bridgehead atoms. The van der Waals surface area contributed by atoms with Gasteiger partial charge in [0.15, 0.2) is 0 Å². The number of carbonyl (C=O) groups is 1. The second-order valence-electron chi connectivity index (χ2n) is 10.9. The van der Waals surface area contributed by atoms with E-state index in [2.05, 4.69) is 77.5 Å². The summed E-state index contributed by atoms with van der Waals surface area (Å²) < 4.78 is 0. The summed E-state index contributed by atoms with van der Waals surface area (Å²) in [7, 11) is 2.08. The minimum atomic E-state index is -1.20. The molecule has 0 radical (unpaired) electrons. The van der Waals surface area contributed by atoms with Crippen molar-refractivity contribution in [3.63, 3.8) is 0 Å². The van der Waals surface area contributed by atoms with Crippen molar-refractivity contribution in [2.45, 2.75) is 51.0 Å². The van der Waals surface area contributed by atoms with E-state index >= 15 is 0 Å². The molecule has 0 saturated carbocycles. The monoisotopic (exact) mass is 473 g/mol. The van der Waals surface area contributed by atoms with Crippen molar-refractivity contribution < 1.29 is 9.90 Å². The fourth-order valence-corrected chi connectivity index (χ4v) is 5.87. The molecule has 2 saturated heterocycles. The Morgan fingerprint density at radius 1 is 1.14 bits per heavy atom. The smallest absolute Gasteiger partial charge is 0.220 e. The molecule has 5 rings (SSSR count). The summed E-state index contributed by atoms with van der Waals surface area (Å²) in [5.41, 5.74) is 3.93. The van der Waals surface area contributed by atoms with Crippen LogP contribution in [0.25, 0.3) is 11.3 Å². The van der Waals surface area contributed by atoms with Crippen molar-refractivity contribution in [2.24, 2.45) is 5.41 Å². The van der Waals surface area contributed by atoms with Crippen LogP contribution in [0, 0.1) is 5.41 Å². The number of aromatic amines is 1. The van der Waals surface area contributed by atoms with Crippen LogP contribution in [0.1, 0.15) is 67.8 Å². The Morgan fingerprint density at radius 2 is 1.89 bits per heavy atom. The van der Waals surface area contributed by atoms with Crippen LogP contribution in [0.4, 0.5) is 0 Å². The van der Waals surface area contributed by atoms with Crippen molar-refractivity contribution in [1.82, 2.24) is 25.4 Å². The van der Waals surface area contributed by atoms with Gasteiger partial charge in [-0.05, 0) is 42.6 Å². The molecule has 2 atom stereocenters. The lowest BCUT2D eigenvalue weighted by Crippen LogP contribution is -2.63. The third-order valence-corrected chi connectivity index (χ3v) is 7.84. The quantitative estimate of drug-likeness (QED) is 0.507. The summed E-state index contributed by atoms with van der Waals surface area (Å²) in [6.07, 6.45) is 4.93. The zero-order valence-electron chi connectivity index (χ0n) is 21.0. The van der Waals surface area contributed by atoms with Gasteiger partial charge in [-0.2, -0.15) is 5.10 Å². The number of aromatic nitrogens is 3. The van der Waals surface area contributed by atoms with Crippen LogP contribution in [0.5, 0.6) is 0 Å². The van der Waals surface area contributed by atoms with Gasteiger partial charge >= 0.3 is 0 Å². The van der Waals surface area contributed by atoms with Gasteiger partial charge in [0.05, 0.1) is 5.69 Å². The molecule has 0 aliphatic carbocycles. The topological polar surface area (TPSA) is 94.1 Å². The predicted octanol–water partition coefficient (Wildman–Crippen LogP) is 3.78. The van der Waals surface area contributed by atoms with E-state index < -0.39 is 5.60 Å². The van der Waals surface area contributed by atoms with Gasteiger partial charge in [0.2, 0.25) is 5.91 Å². The third-order valence-electron chi connectivity index (χ3n) is 7.84. The van der Waals surface area contributed by atoms with Crippen molar-refractivity contribution in [2.75, 3.05) is 26.7 Å². The number of aliphatic hydroxyl groups is 1. The Kier molecular flexibility index (Phi) is 6.01. The maximum absolute atomic E-state index is 12.5. The maximum atomic E-state index is 12.5. The highest BCUT2D eigenvalue weighted by molar-refractivity contribution is 5.77. The molecule has 3 aromatic rings. The van der Waals surface area contributed by atoms with Crippen LogP contribution in [-0.2, 0) is 10.4 Å². The number of rotatable bonds is 6. The van der Waals surface area contributed by atoms with E-state index in [1.807, 2.05) is 12.1 Å². The van der Waals surface area contributed by atoms with Gasteiger partial charge < -0.3 is 15.3 Å². The highest BCUT2D eigenvalue weighted by Gasteiger charge is 2.55. The lowest BCUT2D eigenvalue weighted by molar-refractivity contribution is -0.127. The number of carbonyl (C=O) groups excluding carboxylic acids is 1. The van der Waals surface area contributed by atoms with Gasteiger partial charge in [-0.1, -0.05) is 45.0 Å². The number of nitrogens with zero attached hydrogens (tertiary/aromatic N) is 3. The van der Waals surface area contributed by atoms with E-state index in [4.69, 9.17) is 0 Å². The van der Waals surface area contributed by atoms with E-state index in [-0.39, 0.29) is 17.2 Å². The van der Waals surface area contributed by atoms with Crippen LogP contribution < -0.4 is 5.32 Å². The molecule has 4 heterocycles. The molecule has 35 heavy (non-hydrogen) atoms. The van der Waals surface area contributed by atoms with Crippen LogP contribution in [0.3, 0.4) is 0 Å². The van der Waals surface area contributed by atoms with E-state index in [1.54, 1.807) is 12.4 Å². The molecule has 0 unspecified atom stereocenters. The molecule has 1 amide bonds. The van der Waals surface area contributed by atoms with Crippen molar-refractivity contribution in [1.29, 1.82) is 0 Å². The summed E-state index contributed by atoms with van der Waals surface area (Å²) >= 11 is 0. The molecule has 0 spiro atoms. The number of nitrogens with one attached hydrogen (secondary N) is 2. The molecule has 2 aromatic heterocycles. The van der Waals surface area contributed by atoms with Gasteiger partial charge in [-0.15, -0.1) is 0 Å². The Balaban J connectivity index is 1.52. The Hall–Kier alpha value is -3.03. The zero-order valence-corrected chi connectivity index (χ0v) is 21.0. The normalized spacial score (nSPS) is 21.9. The van der Waals surface area contributed by atoms with Crippen molar-refractivity contribution in [3.8, 4) is 11.3 Å². The average Bonchev–Trinajstić information content (AvgIpc) is 3.33. The first-order valence-electron chi connectivity index (χ1n) is 12.5. The molecule has 2 aliphatic rings. The van der Waals surface area contributed by atoms with Gasteiger partial charge in [0.1, 0.15) is 5.60 Å². The summed E-state index contributed by atoms with van der Waals surface area (Å²) in [5, 5.41) is 23.0. The van der Waals surface area contributed by atoms with E-state index in [9.17, 15) is 9.90 Å². The molecular weight excluding hydrogens is 438 g/mol. The van der Waals surface area contributed by atoms with Crippen LogP contribution in [-0.4, -0.2) is 57.8 Å². The van der Waals surface area contributed by atoms with Crippen molar-refractivity contribution in [3.05, 3.63) is 71.2 Å². The summed E-state index contributed by atoms with van der Waals surface area (Å²) in [6.45, 7) is 8.76.